The van der Waals surface area contributed by atoms with Crippen LogP contribution in [0.5, 0.6) is 0 Å². The lowest BCUT2D eigenvalue weighted by molar-refractivity contribution is -0.137. The number of carbonyl (C=O) groups excluding carboxylic acids is 1. The lowest BCUT2D eigenvalue weighted by atomic mass is 10.1. The van der Waals surface area contributed by atoms with Gasteiger partial charge in [-0.15, -0.1) is 0 Å². The van der Waals surface area contributed by atoms with Crippen LogP contribution < -0.4 is 16.4 Å². The molecule has 0 aliphatic carbocycles. The number of nitrogens with two attached hydrogens (primary N) is 1. The topological polar surface area (TPSA) is 67.1 Å². The maximum absolute atomic E-state index is 12.8. The summed E-state index contributed by atoms with van der Waals surface area (Å²) >= 11 is 11.5. The maximum atomic E-state index is 12.8. The number of carbonyl (C=O) groups is 1. The molecule has 2 amide bonds. The summed E-state index contributed by atoms with van der Waals surface area (Å²) in [5.41, 5.74) is 4.96. The third-order valence-electron chi connectivity index (χ3n) is 3.05. The maximum Gasteiger partial charge on any atom is 0.416 e. The molecule has 0 saturated heterocycles. The van der Waals surface area contributed by atoms with Gasteiger partial charge in [-0.3, -0.25) is 0 Å². The van der Waals surface area contributed by atoms with Gasteiger partial charge in [0.2, 0.25) is 0 Å². The van der Waals surface area contributed by atoms with E-state index in [2.05, 4.69) is 10.6 Å². The number of nitrogens with one attached hydrogen (secondary N) is 2. The van der Waals surface area contributed by atoms with E-state index in [1.807, 2.05) is 0 Å². The normalized spacial score (nSPS) is 11.2. The minimum atomic E-state index is -4.61. The molecule has 2 aromatic carbocycles. The number of rotatable bonds is 3. The third-order valence-corrected chi connectivity index (χ3v) is 3.59. The smallest absolute Gasteiger partial charge is 0.396 e. The van der Waals surface area contributed by atoms with Crippen molar-refractivity contribution in [2.45, 2.75) is 12.7 Å². The summed E-state index contributed by atoms with van der Waals surface area (Å²) in [5, 5.41) is 4.95. The number of hydrogen-bond donors (Lipinski definition) is 3. The first kappa shape index (κ1) is 18.2. The molecule has 0 fully saturated rings. The van der Waals surface area contributed by atoms with Crippen molar-refractivity contribution in [3.8, 4) is 0 Å². The molecule has 4 N–H and O–H groups in total. The van der Waals surface area contributed by atoms with Crippen LogP contribution in [-0.4, -0.2) is 6.03 Å². The second-order valence-corrected chi connectivity index (χ2v) is 5.70. The highest BCUT2D eigenvalue weighted by Gasteiger charge is 2.32. The van der Waals surface area contributed by atoms with Crippen LogP contribution in [0, 0.1) is 0 Å². The van der Waals surface area contributed by atoms with Gasteiger partial charge in [0.05, 0.1) is 22.0 Å². The number of anilines is 2. The van der Waals surface area contributed by atoms with Gasteiger partial charge in [0.15, 0.2) is 0 Å². The number of nitrogen functional groups attached to an aromatic ring is 1. The summed E-state index contributed by atoms with van der Waals surface area (Å²) in [6, 6.07) is 7.47. The molecule has 0 aliphatic rings. The zero-order chi connectivity index (χ0) is 17.9. The second-order valence-electron chi connectivity index (χ2n) is 4.85. The molecule has 9 heteroatoms. The zero-order valence-corrected chi connectivity index (χ0v) is 13.6. The number of benzene rings is 2. The van der Waals surface area contributed by atoms with E-state index >= 15 is 0 Å². The lowest BCUT2D eigenvalue weighted by Crippen LogP contribution is -2.28. The first-order chi connectivity index (χ1) is 11.2. The Hall–Kier alpha value is -2.12. The van der Waals surface area contributed by atoms with E-state index in [9.17, 15) is 18.0 Å². The fraction of sp³-hybridized carbons (Fsp3) is 0.133. The van der Waals surface area contributed by atoms with E-state index in [0.717, 1.165) is 11.6 Å². The van der Waals surface area contributed by atoms with E-state index in [1.165, 1.54) is 0 Å². The van der Waals surface area contributed by atoms with Crippen molar-refractivity contribution in [2.24, 2.45) is 0 Å². The van der Waals surface area contributed by atoms with Gasteiger partial charge in [-0.05, 0) is 29.8 Å². The van der Waals surface area contributed by atoms with Crippen LogP contribution in [0.15, 0.2) is 36.4 Å². The molecule has 0 atom stereocenters. The molecule has 2 aromatic rings. The van der Waals surface area contributed by atoms with Gasteiger partial charge >= 0.3 is 12.2 Å². The standard InChI is InChI=1S/C15H12Cl2F3N3O/c16-10-3-1-2-8(4-10)7-22-14(24)23-12-6-9(15(18,19)20)5-11(17)13(12)21/h1-6H,7,21H2,(H2,22,23,24). The van der Waals surface area contributed by atoms with Crippen LogP contribution in [0.3, 0.4) is 0 Å². The van der Waals surface area contributed by atoms with Crippen LogP contribution in [-0.2, 0) is 12.7 Å². The number of urea groups is 1. The van der Waals surface area contributed by atoms with Crippen LogP contribution in [0.25, 0.3) is 0 Å². The summed E-state index contributed by atoms with van der Waals surface area (Å²) in [4.78, 5) is 11.9. The molecule has 0 radical (unpaired) electrons. The third kappa shape index (κ3) is 4.69. The Morgan fingerprint density at radius 2 is 1.88 bits per heavy atom. The molecular formula is C15H12Cl2F3N3O. The highest BCUT2D eigenvalue weighted by Crippen LogP contribution is 2.37. The van der Waals surface area contributed by atoms with Crippen molar-refractivity contribution in [2.75, 3.05) is 11.1 Å². The zero-order valence-electron chi connectivity index (χ0n) is 12.0. The first-order valence-corrected chi connectivity index (χ1v) is 7.38. The predicted molar refractivity (Wildman–Crippen MR) is 88.2 cm³/mol. The summed E-state index contributed by atoms with van der Waals surface area (Å²) in [6.07, 6.45) is -4.61. The number of hydrogen-bond acceptors (Lipinski definition) is 2. The Bertz CT molecular complexity index is 766. The fourth-order valence-corrected chi connectivity index (χ4v) is 2.31. The molecule has 0 heterocycles. The largest absolute Gasteiger partial charge is 0.416 e. The minimum Gasteiger partial charge on any atom is -0.396 e. The van der Waals surface area contributed by atoms with Crippen molar-refractivity contribution in [1.82, 2.24) is 5.32 Å². The van der Waals surface area contributed by atoms with E-state index in [0.29, 0.717) is 11.1 Å². The highest BCUT2D eigenvalue weighted by atomic mass is 35.5. The summed E-state index contributed by atoms with van der Waals surface area (Å²) in [6.45, 7) is 0.138. The molecule has 0 saturated carbocycles. The second kappa shape index (κ2) is 7.19. The van der Waals surface area contributed by atoms with E-state index < -0.39 is 17.8 Å². The summed E-state index contributed by atoms with van der Waals surface area (Å²) in [5.74, 6) is 0. The van der Waals surface area contributed by atoms with Gasteiger partial charge in [0.1, 0.15) is 0 Å². The van der Waals surface area contributed by atoms with Gasteiger partial charge in [-0.25, -0.2) is 4.79 Å². The Kier molecular flexibility index (Phi) is 5.46. The van der Waals surface area contributed by atoms with Gasteiger partial charge in [0, 0.05) is 11.6 Å². The Labute approximate surface area is 145 Å². The summed E-state index contributed by atoms with van der Waals surface area (Å²) < 4.78 is 38.4. The molecule has 128 valence electrons. The SMILES string of the molecule is Nc1c(Cl)cc(C(F)(F)F)cc1NC(=O)NCc1cccc(Cl)c1. The lowest BCUT2D eigenvalue weighted by Gasteiger charge is -2.14. The van der Waals surface area contributed by atoms with Crippen LogP contribution in [0.1, 0.15) is 11.1 Å². The van der Waals surface area contributed by atoms with E-state index in [1.54, 1.807) is 24.3 Å². The number of amides is 2. The molecule has 0 aromatic heterocycles. The van der Waals surface area contributed by atoms with Gasteiger partial charge in [-0.2, -0.15) is 13.2 Å². The molecule has 0 bridgehead atoms. The highest BCUT2D eigenvalue weighted by molar-refractivity contribution is 6.34. The van der Waals surface area contributed by atoms with Crippen molar-refractivity contribution in [1.29, 1.82) is 0 Å². The fourth-order valence-electron chi connectivity index (χ4n) is 1.88. The summed E-state index contributed by atoms with van der Waals surface area (Å²) in [7, 11) is 0. The van der Waals surface area contributed by atoms with Gasteiger partial charge < -0.3 is 16.4 Å². The van der Waals surface area contributed by atoms with E-state index in [4.69, 9.17) is 28.9 Å². The molecule has 0 spiro atoms. The Morgan fingerprint density at radius 3 is 2.50 bits per heavy atom. The monoisotopic (exact) mass is 377 g/mol. The Morgan fingerprint density at radius 1 is 1.17 bits per heavy atom. The molecule has 2 rings (SSSR count). The van der Waals surface area contributed by atoms with Crippen LogP contribution in [0.2, 0.25) is 10.0 Å². The minimum absolute atomic E-state index is 0.138. The van der Waals surface area contributed by atoms with Crippen molar-refractivity contribution in [3.63, 3.8) is 0 Å². The van der Waals surface area contributed by atoms with Crippen LogP contribution in [0.4, 0.5) is 29.3 Å². The average molecular weight is 378 g/mol. The van der Waals surface area contributed by atoms with Crippen LogP contribution >= 0.6 is 23.2 Å². The predicted octanol–water partition coefficient (Wildman–Crippen LogP) is 4.92. The molecule has 0 aliphatic heterocycles. The van der Waals surface area contributed by atoms with Crippen molar-refractivity contribution >= 4 is 40.6 Å². The number of halogens is 5. The van der Waals surface area contributed by atoms with Gasteiger partial charge in [0.25, 0.3) is 0 Å². The van der Waals surface area contributed by atoms with Crippen molar-refractivity contribution in [3.05, 3.63) is 57.6 Å². The van der Waals surface area contributed by atoms with Crippen molar-refractivity contribution < 1.29 is 18.0 Å². The molecule has 0 unspecified atom stereocenters. The molecular weight excluding hydrogens is 366 g/mol. The molecule has 24 heavy (non-hydrogen) atoms. The quantitative estimate of drug-likeness (QED) is 0.664. The van der Waals surface area contributed by atoms with E-state index in [-0.39, 0.29) is 22.9 Å². The van der Waals surface area contributed by atoms with Gasteiger partial charge in [-0.1, -0.05) is 35.3 Å². The number of alkyl halides is 3. The Balaban J connectivity index is 2.09. The first-order valence-electron chi connectivity index (χ1n) is 6.62. The molecule has 4 nitrogen and oxygen atoms in total. The average Bonchev–Trinajstić information content (AvgIpc) is 2.48.